The van der Waals surface area contributed by atoms with Gasteiger partial charge in [0.2, 0.25) is 0 Å². The van der Waals surface area contributed by atoms with Gasteiger partial charge in [-0.1, -0.05) is 29.8 Å². The molecular formula is C22H20O8. The van der Waals surface area contributed by atoms with Gasteiger partial charge in [-0.05, 0) is 6.92 Å². The van der Waals surface area contributed by atoms with Crippen LogP contribution in [0.25, 0.3) is 22.3 Å². The summed E-state index contributed by atoms with van der Waals surface area (Å²) in [6.07, 6.45) is -5.59. The lowest BCUT2D eigenvalue weighted by atomic mass is 9.92. The Bertz CT molecular complexity index is 1180. The second-order valence-corrected chi connectivity index (χ2v) is 7.69. The Balaban J connectivity index is 1.73. The minimum atomic E-state index is -1.35. The summed E-state index contributed by atoms with van der Waals surface area (Å²) in [5.74, 6) is 0.170. The number of aryl methyl sites for hydroxylation is 1. The molecule has 2 aromatic carbocycles. The zero-order chi connectivity index (χ0) is 21.2. The Hall–Kier alpha value is -2.91. The Morgan fingerprint density at radius 1 is 1.07 bits per heavy atom. The first kappa shape index (κ1) is 19.1. The lowest BCUT2D eigenvalue weighted by molar-refractivity contribution is -0.215. The summed E-state index contributed by atoms with van der Waals surface area (Å²) in [6.45, 7) is 1.44. The Morgan fingerprint density at radius 3 is 2.50 bits per heavy atom. The van der Waals surface area contributed by atoms with Crippen molar-refractivity contribution in [2.75, 3.05) is 6.61 Å². The zero-order valence-corrected chi connectivity index (χ0v) is 16.0. The van der Waals surface area contributed by atoms with E-state index in [2.05, 4.69) is 0 Å². The molecular weight excluding hydrogens is 392 g/mol. The van der Waals surface area contributed by atoms with E-state index in [0.717, 1.165) is 5.56 Å². The van der Waals surface area contributed by atoms with Gasteiger partial charge in [0.05, 0.1) is 12.2 Å². The molecule has 0 bridgehead atoms. The lowest BCUT2D eigenvalue weighted by Gasteiger charge is -2.38. The highest BCUT2D eigenvalue weighted by molar-refractivity contribution is 5.90. The van der Waals surface area contributed by atoms with Crippen LogP contribution in [0.5, 0.6) is 11.5 Å². The molecule has 0 aliphatic carbocycles. The van der Waals surface area contributed by atoms with Crippen LogP contribution in [-0.2, 0) is 4.74 Å². The van der Waals surface area contributed by atoms with Crippen molar-refractivity contribution in [1.29, 1.82) is 0 Å². The Kier molecular flexibility index (Phi) is 4.33. The molecule has 0 amide bonds. The third-order valence-electron chi connectivity index (χ3n) is 5.73. The van der Waals surface area contributed by atoms with Gasteiger partial charge in [0.1, 0.15) is 47.1 Å². The predicted molar refractivity (Wildman–Crippen MR) is 105 cm³/mol. The highest BCUT2D eigenvalue weighted by Gasteiger charge is 2.52. The van der Waals surface area contributed by atoms with Crippen molar-refractivity contribution in [3.8, 4) is 22.8 Å². The van der Waals surface area contributed by atoms with E-state index in [1.165, 1.54) is 12.1 Å². The number of phenols is 1. The number of hydrogen-bond donors (Lipinski definition) is 4. The first-order chi connectivity index (χ1) is 14.4. The largest absolute Gasteiger partial charge is 0.507 e. The first-order valence-corrected chi connectivity index (χ1v) is 9.59. The Labute approximate surface area is 170 Å². The fourth-order valence-electron chi connectivity index (χ4n) is 4.14. The van der Waals surface area contributed by atoms with Crippen LogP contribution in [0.1, 0.15) is 17.2 Å². The van der Waals surface area contributed by atoms with Gasteiger partial charge in [-0.3, -0.25) is 4.79 Å². The van der Waals surface area contributed by atoms with Gasteiger partial charge in [0, 0.05) is 17.7 Å². The molecule has 2 aliphatic rings. The second-order valence-electron chi connectivity index (χ2n) is 7.69. The number of aliphatic hydroxyl groups excluding tert-OH is 3. The molecule has 0 radical (unpaired) electrons. The molecule has 2 aliphatic heterocycles. The molecule has 4 N–H and O–H groups in total. The summed E-state index contributed by atoms with van der Waals surface area (Å²) in [6, 6.07) is 10.00. The van der Waals surface area contributed by atoms with E-state index in [0.29, 0.717) is 16.9 Å². The molecule has 30 heavy (non-hydrogen) atoms. The maximum Gasteiger partial charge on any atom is 0.197 e. The quantitative estimate of drug-likeness (QED) is 0.497. The van der Waals surface area contributed by atoms with E-state index in [1.54, 1.807) is 0 Å². The normalized spacial score (nSPS) is 27.5. The monoisotopic (exact) mass is 412 g/mol. The number of hydrogen-bond acceptors (Lipinski definition) is 8. The molecule has 0 saturated carbocycles. The summed E-state index contributed by atoms with van der Waals surface area (Å²) in [7, 11) is 0. The third-order valence-corrected chi connectivity index (χ3v) is 5.73. The highest BCUT2D eigenvalue weighted by Crippen LogP contribution is 2.49. The van der Waals surface area contributed by atoms with Gasteiger partial charge in [0.25, 0.3) is 0 Å². The minimum Gasteiger partial charge on any atom is -0.507 e. The maximum absolute atomic E-state index is 12.8. The Morgan fingerprint density at radius 2 is 1.80 bits per heavy atom. The number of aliphatic hydroxyl groups is 3. The first-order valence-electron chi connectivity index (χ1n) is 9.59. The van der Waals surface area contributed by atoms with Gasteiger partial charge in [-0.15, -0.1) is 0 Å². The number of fused-ring (bicyclic) bond motifs is 5. The van der Waals surface area contributed by atoms with Gasteiger partial charge >= 0.3 is 0 Å². The van der Waals surface area contributed by atoms with E-state index in [1.807, 2.05) is 31.2 Å². The number of aromatic hydroxyl groups is 1. The summed E-state index contributed by atoms with van der Waals surface area (Å²) in [5, 5.41) is 40.5. The number of phenolic OH excluding ortho intramolecular Hbond substituents is 1. The molecule has 1 fully saturated rings. The minimum absolute atomic E-state index is 0.0291. The number of benzene rings is 2. The van der Waals surface area contributed by atoms with Crippen LogP contribution in [-0.4, -0.2) is 51.4 Å². The van der Waals surface area contributed by atoms with Gasteiger partial charge in [-0.2, -0.15) is 0 Å². The van der Waals surface area contributed by atoms with Crippen LogP contribution in [0.15, 0.2) is 45.6 Å². The van der Waals surface area contributed by atoms with Crippen molar-refractivity contribution in [3.05, 3.63) is 57.7 Å². The third kappa shape index (κ3) is 2.73. The molecule has 1 aromatic heterocycles. The summed E-state index contributed by atoms with van der Waals surface area (Å²) < 4.78 is 17.6. The van der Waals surface area contributed by atoms with E-state index < -0.39 is 42.6 Å². The van der Waals surface area contributed by atoms with Crippen LogP contribution in [0.3, 0.4) is 0 Å². The van der Waals surface area contributed by atoms with Gasteiger partial charge in [0.15, 0.2) is 17.1 Å². The lowest BCUT2D eigenvalue weighted by Crippen LogP contribution is -2.55. The van der Waals surface area contributed by atoms with Crippen molar-refractivity contribution >= 4 is 11.0 Å². The standard InChI is InChI=1S/C22H20O8/c1-9-2-4-10(5-3-9)13-6-11(24)16-12(25)7-14-17(20(16)28-13)21-22(29-14)19(27)18(26)15(8-23)30-21/h2-7,15,18-19,21-23,25-27H,8H2,1H3/t15-,18-,19+,21+,22+/m1/s1. The molecule has 8 nitrogen and oxygen atoms in total. The molecule has 0 unspecified atom stereocenters. The van der Waals surface area contributed by atoms with E-state index >= 15 is 0 Å². The molecule has 0 spiro atoms. The highest BCUT2D eigenvalue weighted by atomic mass is 16.6. The molecule has 1 saturated heterocycles. The van der Waals surface area contributed by atoms with Crippen molar-refractivity contribution < 1.29 is 34.3 Å². The van der Waals surface area contributed by atoms with Gasteiger partial charge < -0.3 is 34.3 Å². The molecule has 3 heterocycles. The van der Waals surface area contributed by atoms with Crippen molar-refractivity contribution in [2.24, 2.45) is 0 Å². The smallest absolute Gasteiger partial charge is 0.197 e. The fourth-order valence-corrected chi connectivity index (χ4v) is 4.14. The molecule has 3 aromatic rings. The zero-order valence-electron chi connectivity index (χ0n) is 16.0. The van der Waals surface area contributed by atoms with Crippen LogP contribution < -0.4 is 10.2 Å². The molecule has 5 rings (SSSR count). The molecule has 5 atom stereocenters. The van der Waals surface area contributed by atoms with Crippen LogP contribution in [0, 0.1) is 6.92 Å². The average molecular weight is 412 g/mol. The number of rotatable bonds is 2. The molecule has 8 heteroatoms. The van der Waals surface area contributed by atoms with Gasteiger partial charge in [-0.25, -0.2) is 0 Å². The number of ether oxygens (including phenoxy) is 2. The molecule has 156 valence electrons. The van der Waals surface area contributed by atoms with Crippen LogP contribution in [0.4, 0.5) is 0 Å². The predicted octanol–water partition coefficient (Wildman–Crippen LogP) is 1.39. The van der Waals surface area contributed by atoms with E-state index in [-0.39, 0.29) is 22.5 Å². The summed E-state index contributed by atoms with van der Waals surface area (Å²) in [4.78, 5) is 12.8. The van der Waals surface area contributed by atoms with Crippen LogP contribution >= 0.6 is 0 Å². The van der Waals surface area contributed by atoms with E-state index in [9.17, 15) is 25.2 Å². The average Bonchev–Trinajstić information content (AvgIpc) is 3.09. The van der Waals surface area contributed by atoms with E-state index in [4.69, 9.17) is 13.9 Å². The second kappa shape index (κ2) is 6.82. The topological polar surface area (TPSA) is 130 Å². The maximum atomic E-state index is 12.8. The summed E-state index contributed by atoms with van der Waals surface area (Å²) >= 11 is 0. The van der Waals surface area contributed by atoms with Crippen LogP contribution in [0.2, 0.25) is 0 Å². The summed E-state index contributed by atoms with van der Waals surface area (Å²) in [5.41, 5.74) is 1.73. The fraction of sp³-hybridized carbons (Fsp3) is 0.318. The van der Waals surface area contributed by atoms with Crippen molar-refractivity contribution in [1.82, 2.24) is 0 Å². The SMILES string of the molecule is Cc1ccc(-c2cc(=O)c3c(O)cc4c(c3o2)[C@@H]2O[C@H](CO)[C@@H](O)[C@H](O)[C@@H]2O4)cc1. The van der Waals surface area contributed by atoms with Crippen molar-refractivity contribution in [2.45, 2.75) is 37.4 Å². The van der Waals surface area contributed by atoms with Crippen molar-refractivity contribution in [3.63, 3.8) is 0 Å².